The zero-order valence-corrected chi connectivity index (χ0v) is 73.9. The average molecular weight is 1800 g/mol. The van der Waals surface area contributed by atoms with Crippen LogP contribution in [0, 0.1) is 0 Å². The van der Waals surface area contributed by atoms with Gasteiger partial charge >= 0.3 is 24.0 Å². The number of hydrogen-bond donors (Lipinski definition) is 4. The number of rotatable bonds is 13. The lowest BCUT2D eigenvalue weighted by molar-refractivity contribution is 0.379. The van der Waals surface area contributed by atoms with Crippen LogP contribution >= 0.6 is 0 Å². The molecule has 18 aromatic carbocycles. The minimum atomic E-state index is 0.0820. The number of benzene rings is 18. The smallest absolute Gasteiger partial charge is 0.320 e. The predicted octanol–water partition coefficient (Wildman–Crippen LogP) is 26.7. The highest BCUT2D eigenvalue weighted by atomic mass is 16.5. The Labute approximate surface area is 783 Å². The molecule has 0 bridgehead atoms. The summed E-state index contributed by atoms with van der Waals surface area (Å²) in [6, 6.07) is 114. The largest absolute Gasteiger partial charge is 0.507 e. The van der Waals surface area contributed by atoms with Gasteiger partial charge in [0.2, 0.25) is 0 Å². The van der Waals surface area contributed by atoms with E-state index in [2.05, 4.69) is 165 Å². The van der Waals surface area contributed by atoms with E-state index in [0.29, 0.717) is 68.8 Å². The lowest BCUT2D eigenvalue weighted by Crippen LogP contribution is -2.01. The molecule has 0 saturated heterocycles. The molecule has 8 aromatic heterocycles. The predicted molar refractivity (Wildman–Crippen MR) is 538 cm³/mol. The number of fused-ring (bicyclic) bond motifs is 21. The van der Waals surface area contributed by atoms with Gasteiger partial charge in [-0.25, -0.2) is 19.9 Å². The van der Waals surface area contributed by atoms with E-state index in [1.807, 2.05) is 164 Å². The first kappa shape index (κ1) is 83.3. The third-order valence-electron chi connectivity index (χ3n) is 24.4. The van der Waals surface area contributed by atoms with Crippen LogP contribution in [0.15, 0.2) is 370 Å². The van der Waals surface area contributed by atoms with E-state index in [1.54, 1.807) is 72.8 Å². The number of furan rings is 4. The Morgan fingerprint density at radius 1 is 0.174 bits per heavy atom. The molecular formula is C114H74N12O12. The van der Waals surface area contributed by atoms with Crippen LogP contribution in [0.5, 0.6) is 47.0 Å². The zero-order valence-electron chi connectivity index (χ0n) is 73.9. The molecular weight excluding hydrogens is 1730 g/mol. The lowest BCUT2D eigenvalue weighted by atomic mass is 9.96. The van der Waals surface area contributed by atoms with Crippen molar-refractivity contribution in [1.29, 1.82) is 0 Å². The fraction of sp³-hybridized carbons (Fsp3) is 0.0351. The molecule has 138 heavy (non-hydrogen) atoms. The van der Waals surface area contributed by atoms with Crippen molar-refractivity contribution >= 4 is 142 Å². The van der Waals surface area contributed by atoms with Crippen molar-refractivity contribution < 1.29 is 57.0 Å². The summed E-state index contributed by atoms with van der Waals surface area (Å²) in [5.74, 6) is 3.40. The molecule has 26 aromatic rings. The number of para-hydroxylation sites is 5. The van der Waals surface area contributed by atoms with E-state index in [0.717, 1.165) is 170 Å². The number of aromatic nitrogens is 12. The second-order valence-corrected chi connectivity index (χ2v) is 32.5. The Hall–Kier alpha value is -19.1. The van der Waals surface area contributed by atoms with Gasteiger partial charge in [0.05, 0.1) is 50.7 Å². The Balaban J connectivity index is 0.000000103. The third kappa shape index (κ3) is 15.2. The van der Waals surface area contributed by atoms with Crippen molar-refractivity contribution in [2.24, 2.45) is 0 Å². The van der Waals surface area contributed by atoms with Gasteiger partial charge in [-0.05, 0) is 180 Å². The zero-order chi connectivity index (χ0) is 93.2. The quantitative estimate of drug-likeness (QED) is 0.0833. The second-order valence-electron chi connectivity index (χ2n) is 32.5. The molecule has 0 amide bonds. The number of aromatic hydroxyl groups is 4. The average Bonchev–Trinajstić information content (AvgIpc) is 1.57. The number of methoxy groups -OCH3 is 4. The highest BCUT2D eigenvalue weighted by Crippen LogP contribution is 2.47. The summed E-state index contributed by atoms with van der Waals surface area (Å²) in [5, 5.41) is 60.5. The summed E-state index contributed by atoms with van der Waals surface area (Å²) in [6.45, 7) is 0. The summed E-state index contributed by atoms with van der Waals surface area (Å²) in [4.78, 5) is 54.3. The molecule has 0 spiro atoms. The van der Waals surface area contributed by atoms with Crippen molar-refractivity contribution in [2.75, 3.05) is 28.4 Å². The van der Waals surface area contributed by atoms with Gasteiger partial charge in [-0.2, -0.15) is 39.9 Å². The van der Waals surface area contributed by atoms with Gasteiger partial charge < -0.3 is 57.0 Å². The summed E-state index contributed by atoms with van der Waals surface area (Å²) >= 11 is 0. The van der Waals surface area contributed by atoms with Gasteiger partial charge in [-0.15, -0.1) is 0 Å². The second kappa shape index (κ2) is 34.9. The minimum Gasteiger partial charge on any atom is -0.507 e. The highest BCUT2D eigenvalue weighted by Gasteiger charge is 2.27. The first-order valence-corrected chi connectivity index (χ1v) is 44.1. The van der Waals surface area contributed by atoms with E-state index in [1.165, 1.54) is 33.8 Å². The molecule has 26 rings (SSSR count). The monoisotopic (exact) mass is 1800 g/mol. The van der Waals surface area contributed by atoms with E-state index in [4.69, 9.17) is 46.6 Å². The Kier molecular flexibility index (Phi) is 21.0. The molecule has 0 atom stereocenters. The van der Waals surface area contributed by atoms with Crippen molar-refractivity contribution in [3.05, 3.63) is 352 Å². The molecule has 662 valence electrons. The van der Waals surface area contributed by atoms with E-state index in [9.17, 15) is 20.4 Å². The van der Waals surface area contributed by atoms with Crippen molar-refractivity contribution in [3.8, 4) is 149 Å². The number of nitrogens with zero attached hydrogens (tertiary/aromatic N) is 12. The topological polar surface area (TPSA) is 325 Å². The Bertz CT molecular complexity index is 9350. The fourth-order valence-corrected chi connectivity index (χ4v) is 18.0. The third-order valence-corrected chi connectivity index (χ3v) is 24.4. The molecule has 0 fully saturated rings. The number of hydrogen-bond acceptors (Lipinski definition) is 24. The van der Waals surface area contributed by atoms with Crippen LogP contribution in [0.2, 0.25) is 0 Å². The van der Waals surface area contributed by atoms with Crippen molar-refractivity contribution in [3.63, 3.8) is 0 Å². The molecule has 4 N–H and O–H groups in total. The molecule has 0 unspecified atom stereocenters. The van der Waals surface area contributed by atoms with E-state index < -0.39 is 0 Å². The molecule has 0 aliphatic carbocycles. The van der Waals surface area contributed by atoms with Crippen LogP contribution in [0.4, 0.5) is 0 Å². The van der Waals surface area contributed by atoms with Crippen LogP contribution in [0.3, 0.4) is 0 Å². The number of ether oxygens (including phenoxy) is 4. The van der Waals surface area contributed by atoms with Gasteiger partial charge in [0.1, 0.15) is 67.7 Å². The molecule has 0 aliphatic rings. The summed E-state index contributed by atoms with van der Waals surface area (Å²) < 4.78 is 46.6. The summed E-state index contributed by atoms with van der Waals surface area (Å²) in [5.41, 5.74) is 13.7. The van der Waals surface area contributed by atoms with Gasteiger partial charge in [0.25, 0.3) is 0 Å². The highest BCUT2D eigenvalue weighted by molar-refractivity contribution is 6.29. The standard InChI is InChI=1S/C32H21N3O3.C30H19N3O3.2C26H17N3O3/c1-37-32-34-30(23-13-7-8-14-26(23)36)33-31(35-32)25-18-28-29(22-12-6-5-11-21(22)25)24-16-15-20(17-27(24)38-28)19-9-3-2-4-10-19;1-35-30-32-28(21-12-6-7-13-23(21)34)31-29(33-30)22-16-25-27(20-11-5-4-10-19(20)22)26-18-9-3-2-8-17(18)14-15-24(26)36-25;1-31-26-28-24(17-10-4-6-12-20(17)30)27-25(29-26)19-14-22-23(16-9-3-2-8-15(16)19)18-11-5-7-13-21(18)32-22;1-31-26-28-24(27-25(29-26)19-8-4-5-9-21(19)30)17-10-11-18-20-12-15-6-2-3-7-16(15)13-23(20)32-22(18)14-17/h2-18,36H,1H3;2-16,34H,1H3;2*2-14,30H,1H3. The Morgan fingerprint density at radius 2 is 0.486 bits per heavy atom. The van der Waals surface area contributed by atoms with Crippen molar-refractivity contribution in [1.82, 2.24) is 59.8 Å². The fourth-order valence-electron chi connectivity index (χ4n) is 18.0. The maximum Gasteiger partial charge on any atom is 0.320 e. The molecule has 24 nitrogen and oxygen atoms in total. The van der Waals surface area contributed by atoms with Crippen LogP contribution in [0.25, 0.3) is 244 Å². The molecule has 24 heteroatoms. The van der Waals surface area contributed by atoms with Gasteiger partial charge in [0.15, 0.2) is 46.6 Å². The van der Waals surface area contributed by atoms with Crippen LogP contribution in [0.1, 0.15) is 0 Å². The molecule has 0 aliphatic heterocycles. The van der Waals surface area contributed by atoms with E-state index in [-0.39, 0.29) is 47.0 Å². The normalized spacial score (nSPS) is 11.4. The number of phenols is 4. The van der Waals surface area contributed by atoms with Gasteiger partial charge in [-0.3, -0.25) is 0 Å². The van der Waals surface area contributed by atoms with Crippen LogP contribution in [-0.4, -0.2) is 109 Å². The van der Waals surface area contributed by atoms with Crippen molar-refractivity contribution in [2.45, 2.75) is 0 Å². The lowest BCUT2D eigenvalue weighted by Gasteiger charge is -2.10. The van der Waals surface area contributed by atoms with Gasteiger partial charge in [-0.1, -0.05) is 237 Å². The SMILES string of the molecule is COc1nc(-c2ccc3c(c2)oc2cc4ccccc4cc23)nc(-c2ccccc2O)n1.COc1nc(-c2ccccc2O)nc(-c2cc3oc4cc(-c5ccccc5)ccc4c3c3ccccc23)n1.COc1nc(-c2ccccc2O)nc(-c2cc3oc4ccc5ccccc5c4c3c3ccccc23)n1.COc1nc(-c2ccccc2O)nc(-c2cc3oc4ccccc4c3c3ccccc23)n1. The van der Waals surface area contributed by atoms with Crippen LogP contribution in [-0.2, 0) is 0 Å². The first-order valence-electron chi connectivity index (χ1n) is 44.1. The summed E-state index contributed by atoms with van der Waals surface area (Å²) in [6.07, 6.45) is 0. The summed E-state index contributed by atoms with van der Waals surface area (Å²) in [7, 11) is 6.03. The van der Waals surface area contributed by atoms with E-state index >= 15 is 0 Å². The first-order chi connectivity index (χ1) is 67.8. The van der Waals surface area contributed by atoms with Crippen LogP contribution < -0.4 is 18.9 Å². The molecule has 8 heterocycles. The molecule has 0 radical (unpaired) electrons. The number of phenolic OH excluding ortho intramolecular Hbond substituents is 4. The van der Waals surface area contributed by atoms with Gasteiger partial charge in [0, 0.05) is 65.3 Å². The maximum absolute atomic E-state index is 10.4. The molecule has 0 saturated carbocycles. The Morgan fingerprint density at radius 3 is 0.964 bits per heavy atom. The minimum absolute atomic E-state index is 0.0820. The maximum atomic E-state index is 10.4.